The minimum Gasteiger partial charge on any atom is -0.481 e. The molecule has 0 aromatic heterocycles. The summed E-state index contributed by atoms with van der Waals surface area (Å²) in [4.78, 5) is 20.9. The summed E-state index contributed by atoms with van der Waals surface area (Å²) in [6.45, 7) is 3.81. The molecule has 6 heteroatoms. The van der Waals surface area contributed by atoms with Gasteiger partial charge in [-0.25, -0.2) is 0 Å². The second-order valence-electron chi connectivity index (χ2n) is 4.40. The van der Waals surface area contributed by atoms with Crippen LogP contribution in [0.25, 0.3) is 0 Å². The molecule has 2 N–H and O–H groups in total. The van der Waals surface area contributed by atoms with Crippen LogP contribution in [-0.2, 0) is 9.59 Å². The summed E-state index contributed by atoms with van der Waals surface area (Å²) in [5.74, 6) is -2.17. The lowest BCUT2D eigenvalue weighted by Gasteiger charge is -2.23. The topological polar surface area (TPSA) is 66.4 Å². The number of carboxylic acid groups (broad SMARTS) is 1. The average Bonchev–Trinajstić information content (AvgIpc) is 2.14. The Morgan fingerprint density at radius 2 is 1.88 bits per heavy atom. The minimum absolute atomic E-state index is 0.0375. The molecule has 0 bridgehead atoms. The van der Waals surface area contributed by atoms with E-state index < -0.39 is 18.3 Å². The second kappa shape index (κ2) is 6.40. The van der Waals surface area contributed by atoms with Crippen LogP contribution in [-0.4, -0.2) is 30.0 Å². The summed E-state index contributed by atoms with van der Waals surface area (Å²) in [7, 11) is 0. The van der Waals surface area contributed by atoms with Gasteiger partial charge in [0.25, 0.3) is 5.91 Å². The van der Waals surface area contributed by atoms with Crippen molar-refractivity contribution in [3.05, 3.63) is 0 Å². The number of carboxylic acids is 1. The third kappa shape index (κ3) is 7.14. The Hall–Kier alpha value is -1.20. The van der Waals surface area contributed by atoms with E-state index >= 15 is 0 Å². The fourth-order valence-corrected chi connectivity index (χ4v) is 1.17. The quantitative estimate of drug-likeness (QED) is 0.707. The Bertz CT molecular complexity index is 254. The molecule has 4 nitrogen and oxygen atoms in total. The van der Waals surface area contributed by atoms with E-state index in [4.69, 9.17) is 5.11 Å². The molecule has 1 amide bonds. The van der Waals surface area contributed by atoms with Crippen molar-refractivity contribution in [2.24, 2.45) is 5.41 Å². The molecule has 0 aliphatic carbocycles. The third-order valence-electron chi connectivity index (χ3n) is 2.31. The molecule has 94 valence electrons. The molecule has 0 radical (unpaired) electrons. The Kier molecular flexibility index (Phi) is 5.92. The molecule has 0 rings (SSSR count). The Labute approximate surface area is 93.0 Å². The lowest BCUT2D eigenvalue weighted by atomic mass is 9.84. The van der Waals surface area contributed by atoms with E-state index in [0.29, 0.717) is 12.8 Å². The molecule has 0 aliphatic heterocycles. The average molecular weight is 237 g/mol. The van der Waals surface area contributed by atoms with E-state index in [1.165, 1.54) is 0 Å². The predicted octanol–water partition coefficient (Wildman–Crippen LogP) is 1.65. The number of amides is 1. The number of nitrogens with one attached hydrogen (secondary N) is 1. The van der Waals surface area contributed by atoms with Crippen LogP contribution in [0.5, 0.6) is 0 Å². The maximum absolute atomic E-state index is 11.8. The second-order valence-corrected chi connectivity index (χ2v) is 4.40. The lowest BCUT2D eigenvalue weighted by molar-refractivity contribution is -0.137. The van der Waals surface area contributed by atoms with E-state index in [-0.39, 0.29) is 18.4 Å². The van der Waals surface area contributed by atoms with Crippen molar-refractivity contribution in [1.82, 2.24) is 5.32 Å². The monoisotopic (exact) mass is 237 g/mol. The highest BCUT2D eigenvalue weighted by Crippen LogP contribution is 2.25. The van der Waals surface area contributed by atoms with Crippen LogP contribution in [0.4, 0.5) is 8.78 Å². The number of rotatable bonds is 7. The van der Waals surface area contributed by atoms with Crippen molar-refractivity contribution < 1.29 is 23.5 Å². The molecule has 0 aromatic carbocycles. The van der Waals surface area contributed by atoms with Gasteiger partial charge < -0.3 is 10.4 Å². The van der Waals surface area contributed by atoms with Gasteiger partial charge >= 0.3 is 12.4 Å². The number of hydrogen-bond donors (Lipinski definition) is 2. The van der Waals surface area contributed by atoms with Crippen LogP contribution < -0.4 is 5.32 Å². The maximum atomic E-state index is 11.8. The highest BCUT2D eigenvalue weighted by atomic mass is 19.3. The highest BCUT2D eigenvalue weighted by Gasteiger charge is 2.20. The number of hydrogen-bond acceptors (Lipinski definition) is 2. The van der Waals surface area contributed by atoms with E-state index in [2.05, 4.69) is 5.32 Å². The van der Waals surface area contributed by atoms with Crippen molar-refractivity contribution in [2.45, 2.75) is 39.5 Å². The summed E-state index contributed by atoms with van der Waals surface area (Å²) in [5.41, 5.74) is -0.284. The van der Waals surface area contributed by atoms with Gasteiger partial charge in [-0.2, -0.15) is 8.78 Å². The zero-order valence-corrected chi connectivity index (χ0v) is 9.43. The molecular weight excluding hydrogens is 220 g/mol. The summed E-state index contributed by atoms with van der Waals surface area (Å²) < 4.78 is 23.6. The molecule has 0 unspecified atom stereocenters. The Balaban J connectivity index is 3.81. The molecule has 16 heavy (non-hydrogen) atoms. The SMILES string of the molecule is CC(C)(CCNC(=O)C(F)F)CCC(=O)O. The predicted molar refractivity (Wildman–Crippen MR) is 54.3 cm³/mol. The Morgan fingerprint density at radius 3 is 2.31 bits per heavy atom. The standard InChI is InChI=1S/C10H17F2NO3/c1-10(2,4-3-7(14)15)5-6-13-9(16)8(11)12/h8H,3-6H2,1-2H3,(H,13,16)(H,14,15). The molecule has 0 aliphatic rings. The van der Waals surface area contributed by atoms with Gasteiger partial charge in [-0.3, -0.25) is 9.59 Å². The largest absolute Gasteiger partial charge is 0.481 e. The number of aliphatic carboxylic acids is 1. The van der Waals surface area contributed by atoms with E-state index in [0.717, 1.165) is 0 Å². The first kappa shape index (κ1) is 14.8. The molecule has 0 heterocycles. The van der Waals surface area contributed by atoms with Gasteiger partial charge in [0.15, 0.2) is 0 Å². The Morgan fingerprint density at radius 1 is 1.31 bits per heavy atom. The minimum atomic E-state index is -3.00. The van der Waals surface area contributed by atoms with Gasteiger partial charge in [-0.1, -0.05) is 13.8 Å². The van der Waals surface area contributed by atoms with Crippen LogP contribution in [0.1, 0.15) is 33.1 Å². The van der Waals surface area contributed by atoms with Gasteiger partial charge in [0.2, 0.25) is 0 Å². The van der Waals surface area contributed by atoms with Crippen LogP contribution in [0.3, 0.4) is 0 Å². The van der Waals surface area contributed by atoms with Gasteiger partial charge in [0, 0.05) is 13.0 Å². The van der Waals surface area contributed by atoms with E-state index in [1.54, 1.807) is 0 Å². The molecule has 0 spiro atoms. The van der Waals surface area contributed by atoms with Crippen molar-refractivity contribution >= 4 is 11.9 Å². The normalized spacial score (nSPS) is 11.6. The van der Waals surface area contributed by atoms with Crippen LogP contribution >= 0.6 is 0 Å². The molecule has 0 fully saturated rings. The first-order chi connectivity index (χ1) is 7.24. The number of carbonyl (C=O) groups excluding carboxylic acids is 1. The molecule has 0 saturated heterocycles. The fourth-order valence-electron chi connectivity index (χ4n) is 1.17. The number of alkyl halides is 2. The van der Waals surface area contributed by atoms with Crippen LogP contribution in [0.15, 0.2) is 0 Å². The van der Waals surface area contributed by atoms with Crippen molar-refractivity contribution in [2.75, 3.05) is 6.54 Å². The van der Waals surface area contributed by atoms with Crippen molar-refractivity contribution in [3.63, 3.8) is 0 Å². The van der Waals surface area contributed by atoms with Gasteiger partial charge in [0.1, 0.15) is 0 Å². The maximum Gasteiger partial charge on any atom is 0.315 e. The van der Waals surface area contributed by atoms with Gasteiger partial charge in [-0.15, -0.1) is 0 Å². The summed E-state index contributed by atoms with van der Waals surface area (Å²) in [5, 5.41) is 10.6. The zero-order chi connectivity index (χ0) is 12.8. The third-order valence-corrected chi connectivity index (χ3v) is 2.31. The number of carbonyl (C=O) groups is 2. The van der Waals surface area contributed by atoms with E-state index in [1.807, 2.05) is 13.8 Å². The summed E-state index contributed by atoms with van der Waals surface area (Å²) in [6, 6.07) is 0. The molecule has 0 atom stereocenters. The molecular formula is C10H17F2NO3. The summed E-state index contributed by atoms with van der Waals surface area (Å²) >= 11 is 0. The first-order valence-corrected chi connectivity index (χ1v) is 5.02. The highest BCUT2D eigenvalue weighted by molar-refractivity contribution is 5.78. The van der Waals surface area contributed by atoms with E-state index in [9.17, 15) is 18.4 Å². The van der Waals surface area contributed by atoms with Gasteiger partial charge in [0.05, 0.1) is 0 Å². The lowest BCUT2D eigenvalue weighted by Crippen LogP contribution is -2.32. The van der Waals surface area contributed by atoms with Crippen molar-refractivity contribution in [3.8, 4) is 0 Å². The molecule has 0 saturated carbocycles. The van der Waals surface area contributed by atoms with Gasteiger partial charge in [-0.05, 0) is 18.3 Å². The first-order valence-electron chi connectivity index (χ1n) is 5.02. The summed E-state index contributed by atoms with van der Waals surface area (Å²) in [6.07, 6.45) is -2.04. The molecule has 0 aromatic rings. The smallest absolute Gasteiger partial charge is 0.315 e. The van der Waals surface area contributed by atoms with Crippen molar-refractivity contribution in [1.29, 1.82) is 0 Å². The van der Waals surface area contributed by atoms with Crippen LogP contribution in [0.2, 0.25) is 0 Å². The fraction of sp³-hybridized carbons (Fsp3) is 0.800. The zero-order valence-electron chi connectivity index (χ0n) is 9.43. The van der Waals surface area contributed by atoms with Crippen LogP contribution in [0, 0.1) is 5.41 Å². The number of halogens is 2.